The highest BCUT2D eigenvalue weighted by Gasteiger charge is 2.02. The Morgan fingerprint density at radius 3 is 2.86 bits per heavy atom. The highest BCUT2D eigenvalue weighted by molar-refractivity contribution is 6.41. The predicted molar refractivity (Wildman–Crippen MR) is 52.8 cm³/mol. The Morgan fingerprint density at radius 1 is 1.57 bits per heavy atom. The minimum atomic E-state index is -0.891. The van der Waals surface area contributed by atoms with Crippen LogP contribution < -0.4 is 5.32 Å². The summed E-state index contributed by atoms with van der Waals surface area (Å²) in [7, 11) is 0. The molecule has 0 unspecified atom stereocenters. The molecule has 2 N–H and O–H groups in total. The zero-order chi connectivity index (χ0) is 10.6. The molecule has 14 heavy (non-hydrogen) atoms. The number of carbonyl (C=O) groups is 1. The number of aromatic nitrogens is 2. The second-order valence-electron chi connectivity index (χ2n) is 2.40. The molecule has 5 nitrogen and oxygen atoms in total. The van der Waals surface area contributed by atoms with Crippen LogP contribution in [0.2, 0.25) is 10.2 Å². The van der Waals surface area contributed by atoms with Gasteiger partial charge in [-0.25, -0.2) is 4.98 Å². The lowest BCUT2D eigenvalue weighted by Gasteiger charge is -2.02. The Kier molecular flexibility index (Phi) is 3.91. The predicted octanol–water partition coefficient (Wildman–Crippen LogP) is 1.67. The molecule has 1 rings (SSSR count). The summed E-state index contributed by atoms with van der Waals surface area (Å²) in [5, 5.41) is 11.5. The van der Waals surface area contributed by atoms with Crippen LogP contribution in [-0.2, 0) is 4.79 Å². The normalized spacial score (nSPS) is 9.86. The van der Waals surface area contributed by atoms with Crippen LogP contribution in [0.25, 0.3) is 0 Å². The first-order valence-corrected chi connectivity index (χ1v) is 4.49. The van der Waals surface area contributed by atoms with Crippen molar-refractivity contribution in [3.05, 3.63) is 16.4 Å². The molecule has 0 aliphatic carbocycles. The van der Waals surface area contributed by atoms with Crippen molar-refractivity contribution >= 4 is 35.1 Å². The summed E-state index contributed by atoms with van der Waals surface area (Å²) in [6, 6.07) is 0. The molecule has 0 fully saturated rings. The fourth-order valence-corrected chi connectivity index (χ4v) is 0.933. The van der Waals surface area contributed by atoms with Crippen molar-refractivity contribution in [2.24, 2.45) is 0 Å². The molecule has 0 radical (unpaired) electrons. The molecule has 0 bridgehead atoms. The first-order chi connectivity index (χ1) is 6.59. The lowest BCUT2D eigenvalue weighted by Crippen LogP contribution is -2.09. The summed E-state index contributed by atoms with van der Waals surface area (Å²) in [4.78, 5) is 17.8. The van der Waals surface area contributed by atoms with Crippen LogP contribution in [-0.4, -0.2) is 27.6 Å². The summed E-state index contributed by atoms with van der Waals surface area (Å²) >= 11 is 11.2. The van der Waals surface area contributed by atoms with Crippen LogP contribution in [0.3, 0.4) is 0 Å². The van der Waals surface area contributed by atoms with Crippen LogP contribution in [0.4, 0.5) is 5.95 Å². The fraction of sp³-hybridized carbons (Fsp3) is 0.286. The first kappa shape index (κ1) is 11.0. The van der Waals surface area contributed by atoms with Crippen LogP contribution in [0.15, 0.2) is 6.20 Å². The van der Waals surface area contributed by atoms with Crippen LogP contribution in [0.5, 0.6) is 0 Å². The number of hydrogen-bond acceptors (Lipinski definition) is 4. The summed E-state index contributed by atoms with van der Waals surface area (Å²) in [6.07, 6.45) is 1.34. The van der Waals surface area contributed by atoms with Crippen LogP contribution in [0, 0.1) is 0 Å². The molecule has 0 saturated heterocycles. The quantitative estimate of drug-likeness (QED) is 0.777. The number of aliphatic carboxylic acids is 1. The summed E-state index contributed by atoms with van der Waals surface area (Å²) in [5.74, 6) is -0.627. The van der Waals surface area contributed by atoms with Gasteiger partial charge in [-0.15, -0.1) is 0 Å². The largest absolute Gasteiger partial charge is 0.481 e. The Labute approximate surface area is 90.1 Å². The third-order valence-corrected chi connectivity index (χ3v) is 1.98. The third kappa shape index (κ3) is 3.35. The van der Waals surface area contributed by atoms with E-state index in [-0.39, 0.29) is 29.1 Å². The van der Waals surface area contributed by atoms with Crippen molar-refractivity contribution in [2.45, 2.75) is 6.42 Å². The van der Waals surface area contributed by atoms with E-state index in [2.05, 4.69) is 15.3 Å². The van der Waals surface area contributed by atoms with E-state index in [0.717, 1.165) is 0 Å². The van der Waals surface area contributed by atoms with Crippen LogP contribution >= 0.6 is 23.2 Å². The molecule has 1 aromatic rings. The Hall–Kier alpha value is -1.07. The highest BCUT2D eigenvalue weighted by Crippen LogP contribution is 2.18. The SMILES string of the molecule is O=C(O)CCNc1ncc(Cl)c(Cl)n1. The van der Waals surface area contributed by atoms with Crippen molar-refractivity contribution in [3.8, 4) is 0 Å². The zero-order valence-corrected chi connectivity index (χ0v) is 8.51. The van der Waals surface area contributed by atoms with Crippen LogP contribution in [0.1, 0.15) is 6.42 Å². The van der Waals surface area contributed by atoms with Gasteiger partial charge in [0, 0.05) is 6.54 Å². The van der Waals surface area contributed by atoms with Gasteiger partial charge < -0.3 is 10.4 Å². The zero-order valence-electron chi connectivity index (χ0n) is 7.00. The number of carboxylic acid groups (broad SMARTS) is 1. The Balaban J connectivity index is 2.51. The molecule has 76 valence electrons. The summed E-state index contributed by atoms with van der Waals surface area (Å²) in [6.45, 7) is 0.243. The maximum Gasteiger partial charge on any atom is 0.305 e. The van der Waals surface area contributed by atoms with Crippen molar-refractivity contribution in [3.63, 3.8) is 0 Å². The number of carboxylic acids is 1. The molecule has 7 heteroatoms. The molecule has 1 aromatic heterocycles. The fourth-order valence-electron chi connectivity index (χ4n) is 0.713. The van der Waals surface area contributed by atoms with E-state index in [1.807, 2.05) is 0 Å². The van der Waals surface area contributed by atoms with E-state index in [4.69, 9.17) is 28.3 Å². The number of rotatable bonds is 4. The second kappa shape index (κ2) is 4.97. The molecule has 0 aromatic carbocycles. The topological polar surface area (TPSA) is 75.1 Å². The summed E-state index contributed by atoms with van der Waals surface area (Å²) in [5.41, 5.74) is 0. The van der Waals surface area contributed by atoms with Crippen molar-refractivity contribution in [1.29, 1.82) is 0 Å². The number of halogens is 2. The molecule has 0 saturated carbocycles. The van der Waals surface area contributed by atoms with Crippen molar-refractivity contribution in [1.82, 2.24) is 9.97 Å². The molecule has 0 aliphatic rings. The lowest BCUT2D eigenvalue weighted by atomic mass is 10.4. The maximum absolute atomic E-state index is 10.2. The first-order valence-electron chi connectivity index (χ1n) is 3.73. The number of hydrogen-bond donors (Lipinski definition) is 2. The Bertz CT molecular complexity index is 346. The monoisotopic (exact) mass is 235 g/mol. The number of nitrogens with zero attached hydrogens (tertiary/aromatic N) is 2. The molecular formula is C7H7Cl2N3O2. The number of nitrogens with one attached hydrogen (secondary N) is 1. The minimum Gasteiger partial charge on any atom is -0.481 e. The van der Waals surface area contributed by atoms with Gasteiger partial charge in [0.25, 0.3) is 0 Å². The average molecular weight is 236 g/mol. The van der Waals surface area contributed by atoms with Crippen molar-refractivity contribution in [2.75, 3.05) is 11.9 Å². The van der Waals surface area contributed by atoms with E-state index in [9.17, 15) is 4.79 Å². The molecule has 0 amide bonds. The minimum absolute atomic E-state index is 0.0103. The van der Waals surface area contributed by atoms with Gasteiger partial charge in [0.15, 0.2) is 5.15 Å². The van der Waals surface area contributed by atoms with Crippen molar-refractivity contribution < 1.29 is 9.90 Å². The van der Waals surface area contributed by atoms with E-state index < -0.39 is 5.97 Å². The van der Waals surface area contributed by atoms with E-state index in [1.165, 1.54) is 6.20 Å². The smallest absolute Gasteiger partial charge is 0.305 e. The van der Waals surface area contributed by atoms with Gasteiger partial charge in [-0.2, -0.15) is 4.98 Å². The standard InChI is InChI=1S/C7H7Cl2N3O2/c8-4-3-11-7(12-6(4)9)10-2-1-5(13)14/h3H,1-2H2,(H,13,14)(H,10,11,12). The second-order valence-corrected chi connectivity index (χ2v) is 3.17. The third-order valence-electron chi connectivity index (χ3n) is 1.32. The molecule has 0 spiro atoms. The van der Waals surface area contributed by atoms with Gasteiger partial charge in [-0.1, -0.05) is 23.2 Å². The summed E-state index contributed by atoms with van der Waals surface area (Å²) < 4.78 is 0. The van der Waals surface area contributed by atoms with E-state index >= 15 is 0 Å². The Morgan fingerprint density at radius 2 is 2.29 bits per heavy atom. The number of anilines is 1. The van der Waals surface area contributed by atoms with E-state index in [0.29, 0.717) is 0 Å². The van der Waals surface area contributed by atoms with Gasteiger partial charge in [0.2, 0.25) is 5.95 Å². The molecule has 0 aliphatic heterocycles. The maximum atomic E-state index is 10.2. The van der Waals surface area contributed by atoms with E-state index in [1.54, 1.807) is 0 Å². The average Bonchev–Trinajstić information content (AvgIpc) is 2.10. The van der Waals surface area contributed by atoms with Gasteiger partial charge in [-0.05, 0) is 0 Å². The molecule has 0 atom stereocenters. The van der Waals surface area contributed by atoms with Gasteiger partial charge in [-0.3, -0.25) is 4.79 Å². The van der Waals surface area contributed by atoms with Gasteiger partial charge in [0.1, 0.15) is 0 Å². The highest BCUT2D eigenvalue weighted by atomic mass is 35.5. The van der Waals surface area contributed by atoms with Gasteiger partial charge >= 0.3 is 5.97 Å². The molecule has 1 heterocycles. The lowest BCUT2D eigenvalue weighted by molar-refractivity contribution is -0.136. The van der Waals surface area contributed by atoms with Gasteiger partial charge in [0.05, 0.1) is 17.6 Å². The molecular weight excluding hydrogens is 229 g/mol.